The van der Waals surface area contributed by atoms with Gasteiger partial charge in [0.25, 0.3) is 0 Å². The first-order chi connectivity index (χ1) is 8.31. The lowest BCUT2D eigenvalue weighted by Crippen LogP contribution is -2.27. The number of carbonyl (C=O) groups excluding carboxylic acids is 1. The van der Waals surface area contributed by atoms with Crippen molar-refractivity contribution < 1.29 is 4.79 Å². The highest BCUT2D eigenvalue weighted by Gasteiger charge is 2.20. The molecule has 1 fully saturated rings. The van der Waals surface area contributed by atoms with Crippen molar-refractivity contribution in [1.82, 2.24) is 5.32 Å². The molecule has 0 radical (unpaired) electrons. The van der Waals surface area contributed by atoms with Gasteiger partial charge >= 0.3 is 6.03 Å². The van der Waals surface area contributed by atoms with Crippen molar-refractivity contribution in [2.75, 3.05) is 36.4 Å². The molecule has 92 valence electrons. The summed E-state index contributed by atoms with van der Waals surface area (Å²) < 4.78 is 0. The maximum Gasteiger partial charge on any atom is 0.321 e. The van der Waals surface area contributed by atoms with Crippen LogP contribution in [0.1, 0.15) is 6.42 Å². The Balaban J connectivity index is 2.03. The molecular formula is C12H18N4O. The van der Waals surface area contributed by atoms with E-state index in [0.717, 1.165) is 30.9 Å². The maximum absolute atomic E-state index is 11.5. The van der Waals surface area contributed by atoms with E-state index in [-0.39, 0.29) is 6.03 Å². The highest BCUT2D eigenvalue weighted by atomic mass is 16.2. The summed E-state index contributed by atoms with van der Waals surface area (Å²) in [6.45, 7) is 2.97. The monoisotopic (exact) mass is 234 g/mol. The number of carbonyl (C=O) groups is 1. The summed E-state index contributed by atoms with van der Waals surface area (Å²) in [4.78, 5) is 13.3. The van der Waals surface area contributed by atoms with Crippen LogP contribution in [0.4, 0.5) is 16.2 Å². The maximum atomic E-state index is 11.5. The smallest absolute Gasteiger partial charge is 0.321 e. The van der Waals surface area contributed by atoms with Crippen LogP contribution in [-0.4, -0.2) is 32.2 Å². The Hall–Kier alpha value is -1.75. The van der Waals surface area contributed by atoms with Crippen molar-refractivity contribution in [3.8, 4) is 0 Å². The van der Waals surface area contributed by atoms with Crippen LogP contribution < -0.4 is 21.3 Å². The summed E-state index contributed by atoms with van der Waals surface area (Å²) in [5.41, 5.74) is 7.39. The van der Waals surface area contributed by atoms with Crippen LogP contribution in [0.5, 0.6) is 0 Å². The molecule has 0 atom stereocenters. The molecule has 1 aliphatic heterocycles. The molecule has 1 aromatic carbocycles. The van der Waals surface area contributed by atoms with E-state index in [0.29, 0.717) is 13.1 Å². The first-order valence-electron chi connectivity index (χ1n) is 5.90. The molecule has 0 spiro atoms. The number of nitrogens with two attached hydrogens (primary N) is 1. The minimum atomic E-state index is -0.0240. The quantitative estimate of drug-likeness (QED) is 0.665. The van der Waals surface area contributed by atoms with Crippen molar-refractivity contribution in [3.63, 3.8) is 0 Å². The van der Waals surface area contributed by atoms with Crippen LogP contribution in [0.25, 0.3) is 0 Å². The molecule has 0 saturated carbocycles. The van der Waals surface area contributed by atoms with E-state index in [9.17, 15) is 4.79 Å². The summed E-state index contributed by atoms with van der Waals surface area (Å²) in [6.07, 6.45) is 0.939. The van der Waals surface area contributed by atoms with Gasteiger partial charge in [-0.2, -0.15) is 0 Å². The van der Waals surface area contributed by atoms with Gasteiger partial charge in [-0.1, -0.05) is 6.07 Å². The Kier molecular flexibility index (Phi) is 3.82. The summed E-state index contributed by atoms with van der Waals surface area (Å²) in [5, 5.41) is 6.08. The second-order valence-electron chi connectivity index (χ2n) is 4.00. The second kappa shape index (κ2) is 5.54. The Morgan fingerprint density at radius 3 is 3.06 bits per heavy atom. The lowest BCUT2D eigenvalue weighted by molar-refractivity contribution is 0.252. The molecule has 5 nitrogen and oxygen atoms in total. The molecule has 2 rings (SSSR count). The third-order valence-electron chi connectivity index (χ3n) is 2.72. The molecule has 0 aliphatic carbocycles. The molecule has 17 heavy (non-hydrogen) atoms. The number of urea groups is 1. The number of benzene rings is 1. The summed E-state index contributed by atoms with van der Waals surface area (Å²) in [6, 6.07) is 7.85. The van der Waals surface area contributed by atoms with Crippen molar-refractivity contribution in [2.45, 2.75) is 6.42 Å². The third-order valence-corrected chi connectivity index (χ3v) is 2.72. The Bertz CT molecular complexity index is 394. The van der Waals surface area contributed by atoms with E-state index in [4.69, 9.17) is 5.73 Å². The first-order valence-corrected chi connectivity index (χ1v) is 5.90. The highest BCUT2D eigenvalue weighted by Crippen LogP contribution is 2.20. The van der Waals surface area contributed by atoms with E-state index < -0.39 is 0 Å². The number of hydrogen-bond donors (Lipinski definition) is 3. The lowest BCUT2D eigenvalue weighted by Gasteiger charge is -2.15. The van der Waals surface area contributed by atoms with Gasteiger partial charge in [0, 0.05) is 31.0 Å². The van der Waals surface area contributed by atoms with Crippen LogP contribution in [0.15, 0.2) is 24.3 Å². The van der Waals surface area contributed by atoms with Gasteiger partial charge < -0.3 is 16.4 Å². The number of hydrogen-bond acceptors (Lipinski definition) is 3. The minimum absolute atomic E-state index is 0.0240. The van der Waals surface area contributed by atoms with Crippen LogP contribution in [-0.2, 0) is 0 Å². The molecule has 1 saturated heterocycles. The number of nitrogens with zero attached hydrogens (tertiary/aromatic N) is 1. The molecule has 0 bridgehead atoms. The van der Waals surface area contributed by atoms with Gasteiger partial charge in [0.05, 0.1) is 0 Å². The van der Waals surface area contributed by atoms with Crippen molar-refractivity contribution in [2.24, 2.45) is 5.73 Å². The zero-order valence-corrected chi connectivity index (χ0v) is 9.78. The average molecular weight is 234 g/mol. The fourth-order valence-electron chi connectivity index (χ4n) is 1.84. The molecule has 0 aromatic heterocycles. The van der Waals surface area contributed by atoms with Crippen LogP contribution in [0.3, 0.4) is 0 Å². The Labute approximate surface area is 101 Å². The fourth-order valence-corrected chi connectivity index (χ4v) is 1.84. The minimum Gasteiger partial charge on any atom is -0.385 e. The van der Waals surface area contributed by atoms with E-state index in [1.165, 1.54) is 0 Å². The summed E-state index contributed by atoms with van der Waals surface area (Å²) in [5.74, 6) is 0. The molecule has 4 N–H and O–H groups in total. The van der Waals surface area contributed by atoms with Gasteiger partial charge in [0.15, 0.2) is 0 Å². The normalized spacial score (nSPS) is 14.9. The van der Waals surface area contributed by atoms with E-state index in [1.54, 1.807) is 4.90 Å². The van der Waals surface area contributed by atoms with E-state index in [2.05, 4.69) is 10.6 Å². The molecular weight excluding hydrogens is 216 g/mol. The Morgan fingerprint density at radius 2 is 2.35 bits per heavy atom. The molecule has 1 aromatic rings. The molecule has 0 unspecified atom stereocenters. The van der Waals surface area contributed by atoms with Gasteiger partial charge in [-0.15, -0.1) is 0 Å². The van der Waals surface area contributed by atoms with Crippen LogP contribution in [0.2, 0.25) is 0 Å². The number of nitrogens with one attached hydrogen (secondary N) is 2. The highest BCUT2D eigenvalue weighted by molar-refractivity contribution is 5.94. The summed E-state index contributed by atoms with van der Waals surface area (Å²) in [7, 11) is 0. The van der Waals surface area contributed by atoms with Gasteiger partial charge in [-0.3, -0.25) is 4.90 Å². The van der Waals surface area contributed by atoms with Gasteiger partial charge in [0.1, 0.15) is 0 Å². The summed E-state index contributed by atoms with van der Waals surface area (Å²) >= 11 is 0. The van der Waals surface area contributed by atoms with Crippen molar-refractivity contribution >= 4 is 17.4 Å². The fraction of sp³-hybridized carbons (Fsp3) is 0.417. The zero-order chi connectivity index (χ0) is 12.1. The van der Waals surface area contributed by atoms with Gasteiger partial charge in [-0.05, 0) is 31.2 Å². The first kappa shape index (κ1) is 11.7. The van der Waals surface area contributed by atoms with Gasteiger partial charge in [0.2, 0.25) is 0 Å². The zero-order valence-electron chi connectivity index (χ0n) is 9.78. The third kappa shape index (κ3) is 2.88. The van der Waals surface area contributed by atoms with Crippen LogP contribution >= 0.6 is 0 Å². The molecule has 1 aliphatic rings. The van der Waals surface area contributed by atoms with Crippen LogP contribution in [0, 0.1) is 0 Å². The van der Waals surface area contributed by atoms with E-state index >= 15 is 0 Å². The standard InChI is InChI=1S/C12H18N4O/c13-5-2-6-14-10-3-1-4-11(9-10)16-8-7-15-12(16)17/h1,3-4,9,14H,2,5-8,13H2,(H,15,17). The largest absolute Gasteiger partial charge is 0.385 e. The SMILES string of the molecule is NCCCNc1cccc(N2CCNC2=O)c1. The van der Waals surface area contributed by atoms with Crippen molar-refractivity contribution in [1.29, 1.82) is 0 Å². The number of rotatable bonds is 5. The second-order valence-corrected chi connectivity index (χ2v) is 4.00. The molecule has 5 heteroatoms. The number of amides is 2. The van der Waals surface area contributed by atoms with Gasteiger partial charge in [-0.25, -0.2) is 4.79 Å². The molecule has 1 heterocycles. The number of anilines is 2. The van der Waals surface area contributed by atoms with Crippen molar-refractivity contribution in [3.05, 3.63) is 24.3 Å². The lowest BCUT2D eigenvalue weighted by atomic mass is 10.2. The predicted octanol–water partition coefficient (Wildman–Crippen LogP) is 0.977. The Morgan fingerprint density at radius 1 is 1.47 bits per heavy atom. The topological polar surface area (TPSA) is 70.4 Å². The molecule has 2 amide bonds. The average Bonchev–Trinajstić information content (AvgIpc) is 2.76. The predicted molar refractivity (Wildman–Crippen MR) is 69.3 cm³/mol. The van der Waals surface area contributed by atoms with E-state index in [1.807, 2.05) is 24.3 Å².